The molecule has 40 heavy (non-hydrogen) atoms. The van der Waals surface area contributed by atoms with Gasteiger partial charge in [-0.2, -0.15) is 26.3 Å². The maximum atomic E-state index is 13.4. The Morgan fingerprint density at radius 3 is 2.02 bits per heavy atom. The van der Waals surface area contributed by atoms with E-state index in [1.54, 1.807) is 0 Å². The second-order valence-corrected chi connectivity index (χ2v) is 10.3. The molecule has 1 heterocycles. The van der Waals surface area contributed by atoms with Crippen LogP contribution in [0.4, 0.5) is 36.8 Å². The number of aryl methyl sites for hydroxylation is 1. The lowest BCUT2D eigenvalue weighted by Crippen LogP contribution is -2.45. The number of hydrogen-bond acceptors (Lipinski definition) is 4. The Balaban J connectivity index is 1.85. The van der Waals surface area contributed by atoms with Crippen molar-refractivity contribution < 1.29 is 40.7 Å². The minimum Gasteiger partial charge on any atom is -0.383 e. The summed E-state index contributed by atoms with van der Waals surface area (Å²) in [6, 6.07) is 12.6. The van der Waals surface area contributed by atoms with Gasteiger partial charge in [-0.25, -0.2) is 4.79 Å². The maximum Gasteiger partial charge on any atom is 0.416 e. The highest BCUT2D eigenvalue weighted by atomic mass is 32.1. The van der Waals surface area contributed by atoms with Crippen LogP contribution in [0, 0.1) is 6.92 Å². The summed E-state index contributed by atoms with van der Waals surface area (Å²) in [4.78, 5) is 30.9. The van der Waals surface area contributed by atoms with E-state index in [1.165, 1.54) is 23.3 Å². The number of alkyl halides is 6. The van der Waals surface area contributed by atoms with E-state index in [2.05, 4.69) is 5.32 Å². The fourth-order valence-corrected chi connectivity index (χ4v) is 4.65. The molecular formula is C27H27F6N3O3S. The Morgan fingerprint density at radius 2 is 1.50 bits per heavy atom. The fraction of sp³-hybridized carbons (Fsp3) is 0.333. The number of carbonyl (C=O) groups excluding carboxylic acids is 2. The van der Waals surface area contributed by atoms with Crippen molar-refractivity contribution in [3.8, 4) is 0 Å². The van der Waals surface area contributed by atoms with Crippen molar-refractivity contribution in [1.29, 1.82) is 0 Å². The zero-order valence-electron chi connectivity index (χ0n) is 21.6. The van der Waals surface area contributed by atoms with E-state index in [1.807, 2.05) is 49.4 Å². The molecule has 0 spiro atoms. The van der Waals surface area contributed by atoms with Gasteiger partial charge < -0.3 is 19.9 Å². The summed E-state index contributed by atoms with van der Waals surface area (Å²) in [5, 5.41) is 2.09. The molecule has 0 unspecified atom stereocenters. The average Bonchev–Trinajstić information content (AvgIpc) is 3.29. The average molecular weight is 588 g/mol. The molecule has 0 aliphatic rings. The molecule has 13 heteroatoms. The van der Waals surface area contributed by atoms with Crippen molar-refractivity contribution in [3.63, 3.8) is 0 Å². The van der Waals surface area contributed by atoms with Crippen LogP contribution in [0.15, 0.2) is 60.7 Å². The largest absolute Gasteiger partial charge is 0.416 e. The van der Waals surface area contributed by atoms with Crippen LogP contribution in [0.5, 0.6) is 0 Å². The highest BCUT2D eigenvalue weighted by Crippen LogP contribution is 2.37. The zero-order valence-corrected chi connectivity index (χ0v) is 22.4. The van der Waals surface area contributed by atoms with Crippen molar-refractivity contribution in [1.82, 2.24) is 9.80 Å². The lowest BCUT2D eigenvalue weighted by molar-refractivity contribution is -0.143. The molecule has 0 radical (unpaired) electrons. The van der Waals surface area contributed by atoms with Gasteiger partial charge >= 0.3 is 18.4 Å². The topological polar surface area (TPSA) is 61.9 Å². The molecule has 6 nitrogen and oxygen atoms in total. The van der Waals surface area contributed by atoms with Gasteiger partial charge in [0, 0.05) is 35.6 Å². The maximum absolute atomic E-state index is 13.4. The van der Waals surface area contributed by atoms with E-state index in [9.17, 15) is 35.9 Å². The third kappa shape index (κ3) is 8.98. The highest BCUT2D eigenvalue weighted by molar-refractivity contribution is 7.11. The van der Waals surface area contributed by atoms with Gasteiger partial charge in [0.1, 0.15) is 6.54 Å². The van der Waals surface area contributed by atoms with Crippen molar-refractivity contribution in [2.75, 3.05) is 32.1 Å². The van der Waals surface area contributed by atoms with Gasteiger partial charge in [-0.05, 0) is 42.8 Å². The third-order valence-corrected chi connectivity index (χ3v) is 6.71. The second kappa shape index (κ2) is 13.2. The molecule has 1 N–H and O–H groups in total. The van der Waals surface area contributed by atoms with Crippen LogP contribution in [-0.4, -0.2) is 48.5 Å². The minimum atomic E-state index is -5.08. The normalized spacial score (nSPS) is 11.8. The quantitative estimate of drug-likeness (QED) is 0.266. The van der Waals surface area contributed by atoms with Crippen molar-refractivity contribution in [3.05, 3.63) is 87.1 Å². The van der Waals surface area contributed by atoms with E-state index in [0.29, 0.717) is 12.1 Å². The number of carbonyl (C=O) groups is 2. The molecule has 0 saturated carbocycles. The molecule has 3 aromatic rings. The standard InChI is InChI=1S/C27H27F6N3O3S/c1-18-8-9-23(40-18)16-36(15-19-6-4-3-5-7-19)24(37)17-35(10-11-39-2)25(38)34-22-13-20(26(28,29)30)12-21(14-22)27(31,32)33/h3-9,12-14H,10-11,15-17H2,1-2H3,(H,34,38). The van der Waals surface area contributed by atoms with Gasteiger partial charge in [-0.15, -0.1) is 11.3 Å². The van der Waals surface area contributed by atoms with Crippen LogP contribution in [0.25, 0.3) is 0 Å². The molecule has 0 fully saturated rings. The van der Waals surface area contributed by atoms with Crippen LogP contribution in [0.2, 0.25) is 0 Å². The number of rotatable bonds is 10. The van der Waals surface area contributed by atoms with Crippen LogP contribution >= 0.6 is 11.3 Å². The van der Waals surface area contributed by atoms with Crippen molar-refractivity contribution >= 4 is 29.0 Å². The molecule has 3 amide bonds. The number of urea groups is 1. The molecule has 0 aliphatic heterocycles. The summed E-state index contributed by atoms with van der Waals surface area (Å²) >= 11 is 1.50. The van der Waals surface area contributed by atoms with E-state index in [4.69, 9.17) is 4.74 Å². The Bertz CT molecular complexity index is 1260. The lowest BCUT2D eigenvalue weighted by Gasteiger charge is -2.28. The Labute approximate surface area is 231 Å². The Hall–Kier alpha value is -3.58. The molecule has 3 rings (SSSR count). The molecule has 0 bridgehead atoms. The summed E-state index contributed by atoms with van der Waals surface area (Å²) in [7, 11) is 1.35. The van der Waals surface area contributed by atoms with Crippen LogP contribution in [0.1, 0.15) is 26.4 Å². The monoisotopic (exact) mass is 587 g/mol. The molecular weight excluding hydrogens is 560 g/mol. The lowest BCUT2D eigenvalue weighted by atomic mass is 10.1. The molecule has 1 aromatic heterocycles. The van der Waals surface area contributed by atoms with E-state index in [-0.39, 0.29) is 32.3 Å². The third-order valence-electron chi connectivity index (χ3n) is 5.73. The van der Waals surface area contributed by atoms with Gasteiger partial charge in [-0.3, -0.25) is 4.79 Å². The van der Waals surface area contributed by atoms with Gasteiger partial charge in [-0.1, -0.05) is 30.3 Å². The van der Waals surface area contributed by atoms with E-state index < -0.39 is 47.6 Å². The predicted molar refractivity (Wildman–Crippen MR) is 139 cm³/mol. The number of ether oxygens (including phenoxy) is 1. The van der Waals surface area contributed by atoms with E-state index in [0.717, 1.165) is 20.2 Å². The summed E-state index contributed by atoms with van der Waals surface area (Å²) in [5.74, 6) is -0.471. The Kier molecular flexibility index (Phi) is 10.2. The molecule has 0 saturated heterocycles. The van der Waals surface area contributed by atoms with Crippen LogP contribution in [-0.2, 0) is 35.0 Å². The Morgan fingerprint density at radius 1 is 0.875 bits per heavy atom. The molecule has 0 atom stereocenters. The summed E-state index contributed by atoms with van der Waals surface area (Å²) in [5.41, 5.74) is -3.02. The van der Waals surface area contributed by atoms with Crippen LogP contribution < -0.4 is 5.32 Å². The number of amides is 3. The number of hydrogen-bond donors (Lipinski definition) is 1. The second-order valence-electron chi connectivity index (χ2n) is 8.89. The number of methoxy groups -OCH3 is 1. The SMILES string of the molecule is COCCN(CC(=O)N(Cc1ccccc1)Cc1ccc(C)s1)C(=O)Nc1cc(C(F)(F)F)cc(C(F)(F)F)c1. The highest BCUT2D eigenvalue weighted by Gasteiger charge is 2.37. The van der Waals surface area contributed by atoms with E-state index >= 15 is 0 Å². The summed E-state index contributed by atoms with van der Waals surface area (Å²) in [6.07, 6.45) is -10.2. The number of benzene rings is 2. The number of thiophene rings is 1. The molecule has 2 aromatic carbocycles. The zero-order chi connectivity index (χ0) is 29.5. The smallest absolute Gasteiger partial charge is 0.383 e. The fourth-order valence-electron chi connectivity index (χ4n) is 3.74. The van der Waals surface area contributed by atoms with Gasteiger partial charge in [0.15, 0.2) is 0 Å². The number of halogens is 6. The van der Waals surface area contributed by atoms with Crippen molar-refractivity contribution in [2.24, 2.45) is 0 Å². The van der Waals surface area contributed by atoms with Gasteiger partial charge in [0.25, 0.3) is 0 Å². The first-order chi connectivity index (χ1) is 18.8. The van der Waals surface area contributed by atoms with Gasteiger partial charge in [0.05, 0.1) is 24.3 Å². The number of nitrogens with zero attached hydrogens (tertiary/aromatic N) is 2. The predicted octanol–water partition coefficient (Wildman–Crippen LogP) is 6.80. The molecule has 216 valence electrons. The first-order valence-corrected chi connectivity index (χ1v) is 12.8. The van der Waals surface area contributed by atoms with Gasteiger partial charge in [0.2, 0.25) is 5.91 Å². The first kappa shape index (κ1) is 31.0. The number of anilines is 1. The summed E-state index contributed by atoms with van der Waals surface area (Å²) < 4.78 is 84.6. The summed E-state index contributed by atoms with van der Waals surface area (Å²) in [6.45, 7) is 1.73. The van der Waals surface area contributed by atoms with Crippen LogP contribution in [0.3, 0.4) is 0 Å². The minimum absolute atomic E-state index is 0.0279. The molecule has 0 aliphatic carbocycles. The number of nitrogens with one attached hydrogen (secondary N) is 1. The van der Waals surface area contributed by atoms with Crippen molar-refractivity contribution in [2.45, 2.75) is 32.4 Å². The first-order valence-electron chi connectivity index (χ1n) is 12.0.